The summed E-state index contributed by atoms with van der Waals surface area (Å²) in [7, 11) is 0. The molecule has 1 aliphatic heterocycles. The zero-order valence-corrected chi connectivity index (χ0v) is 9.71. The zero-order chi connectivity index (χ0) is 12.1. The quantitative estimate of drug-likeness (QED) is 0.820. The molecule has 92 valence electrons. The average molecular weight is 236 g/mol. The predicted molar refractivity (Wildman–Crippen MR) is 64.4 cm³/mol. The monoisotopic (exact) mass is 236 g/mol. The van der Waals surface area contributed by atoms with Crippen LogP contribution in [0.4, 0.5) is 4.39 Å². The second kappa shape index (κ2) is 5.77. The van der Waals surface area contributed by atoms with Crippen molar-refractivity contribution >= 4 is 5.91 Å². The van der Waals surface area contributed by atoms with Gasteiger partial charge in [0.05, 0.1) is 5.56 Å². The minimum absolute atomic E-state index is 0.101. The molecule has 17 heavy (non-hydrogen) atoms. The van der Waals surface area contributed by atoms with Crippen molar-refractivity contribution in [3.05, 3.63) is 35.6 Å². The van der Waals surface area contributed by atoms with Gasteiger partial charge in [0.2, 0.25) is 0 Å². The molecule has 2 rings (SSSR count). The Balaban J connectivity index is 1.98. The maximum atomic E-state index is 13.4. The highest BCUT2D eigenvalue weighted by atomic mass is 19.1. The van der Waals surface area contributed by atoms with Crippen molar-refractivity contribution in [1.29, 1.82) is 0 Å². The van der Waals surface area contributed by atoms with E-state index in [1.165, 1.54) is 12.1 Å². The van der Waals surface area contributed by atoms with E-state index in [-0.39, 0.29) is 17.5 Å². The van der Waals surface area contributed by atoms with Crippen LogP contribution in [0.15, 0.2) is 24.3 Å². The number of amides is 1. The summed E-state index contributed by atoms with van der Waals surface area (Å²) in [6.07, 6.45) is 3.18. The molecule has 0 aromatic heterocycles. The van der Waals surface area contributed by atoms with Gasteiger partial charge in [0, 0.05) is 12.6 Å². The maximum Gasteiger partial charge on any atom is 0.254 e. The molecule has 4 heteroatoms. The van der Waals surface area contributed by atoms with E-state index in [2.05, 4.69) is 10.6 Å². The first-order valence-corrected chi connectivity index (χ1v) is 6.03. The summed E-state index contributed by atoms with van der Waals surface area (Å²) in [4.78, 5) is 11.9. The molecule has 1 aromatic rings. The summed E-state index contributed by atoms with van der Waals surface area (Å²) in [5, 5.41) is 6.13. The summed E-state index contributed by atoms with van der Waals surface area (Å²) in [6, 6.07) is 6.17. The van der Waals surface area contributed by atoms with Crippen molar-refractivity contribution in [3.8, 4) is 0 Å². The molecule has 1 aromatic carbocycles. The van der Waals surface area contributed by atoms with Crippen molar-refractivity contribution in [3.63, 3.8) is 0 Å². The van der Waals surface area contributed by atoms with Gasteiger partial charge in [-0.05, 0) is 31.5 Å². The molecule has 1 atom stereocenters. The molecule has 0 spiro atoms. The van der Waals surface area contributed by atoms with Gasteiger partial charge in [0.25, 0.3) is 5.91 Å². The molecule has 0 radical (unpaired) electrons. The molecule has 0 saturated carbocycles. The van der Waals surface area contributed by atoms with Crippen LogP contribution in [0.3, 0.4) is 0 Å². The van der Waals surface area contributed by atoms with E-state index in [1.807, 2.05) is 0 Å². The Hall–Kier alpha value is -1.42. The standard InChI is InChI=1S/C13H17FN2O/c14-12-7-2-1-6-11(12)13(17)16-10-5-3-4-8-15-9-10/h1-2,6-7,10,15H,3-5,8-9H2,(H,16,17). The van der Waals surface area contributed by atoms with E-state index in [4.69, 9.17) is 0 Å². The molecule has 1 heterocycles. The Kier molecular flexibility index (Phi) is 4.09. The topological polar surface area (TPSA) is 41.1 Å². The maximum absolute atomic E-state index is 13.4. The van der Waals surface area contributed by atoms with E-state index in [1.54, 1.807) is 12.1 Å². The predicted octanol–water partition coefficient (Wildman–Crippen LogP) is 1.70. The Morgan fingerprint density at radius 1 is 1.35 bits per heavy atom. The number of halogens is 1. The molecule has 2 N–H and O–H groups in total. The minimum atomic E-state index is -0.466. The summed E-state index contributed by atoms with van der Waals surface area (Å²) >= 11 is 0. The lowest BCUT2D eigenvalue weighted by Gasteiger charge is -2.16. The third-order valence-corrected chi connectivity index (χ3v) is 3.00. The fraction of sp³-hybridized carbons (Fsp3) is 0.462. The van der Waals surface area contributed by atoms with E-state index in [0.29, 0.717) is 0 Å². The van der Waals surface area contributed by atoms with Gasteiger partial charge in [0.15, 0.2) is 0 Å². The van der Waals surface area contributed by atoms with Crippen molar-refractivity contribution in [2.24, 2.45) is 0 Å². The van der Waals surface area contributed by atoms with Crippen LogP contribution >= 0.6 is 0 Å². The van der Waals surface area contributed by atoms with E-state index < -0.39 is 5.82 Å². The first kappa shape index (κ1) is 12.0. The van der Waals surface area contributed by atoms with Gasteiger partial charge in [-0.2, -0.15) is 0 Å². The van der Waals surface area contributed by atoms with Gasteiger partial charge in [-0.25, -0.2) is 4.39 Å². The Morgan fingerprint density at radius 3 is 3.00 bits per heavy atom. The lowest BCUT2D eigenvalue weighted by atomic mass is 10.1. The SMILES string of the molecule is O=C(NC1CCCCNC1)c1ccccc1F. The second-order valence-corrected chi connectivity index (χ2v) is 4.35. The van der Waals surface area contributed by atoms with Gasteiger partial charge in [-0.1, -0.05) is 18.6 Å². The van der Waals surface area contributed by atoms with Crippen molar-refractivity contribution in [2.75, 3.05) is 13.1 Å². The number of carbonyl (C=O) groups excluding carboxylic acids is 1. The molecule has 3 nitrogen and oxygen atoms in total. The molecule has 1 unspecified atom stereocenters. The highest BCUT2D eigenvalue weighted by Gasteiger charge is 2.17. The number of carbonyl (C=O) groups is 1. The first-order chi connectivity index (χ1) is 8.27. The van der Waals surface area contributed by atoms with Gasteiger partial charge in [0.1, 0.15) is 5.82 Å². The summed E-state index contributed by atoms with van der Waals surface area (Å²) in [6.45, 7) is 1.76. The van der Waals surface area contributed by atoms with Crippen molar-refractivity contribution in [2.45, 2.75) is 25.3 Å². The number of hydrogen-bond donors (Lipinski definition) is 2. The van der Waals surface area contributed by atoms with Crippen LogP contribution in [-0.2, 0) is 0 Å². The molecule has 0 aliphatic carbocycles. The Bertz CT molecular complexity index is 387. The van der Waals surface area contributed by atoms with Gasteiger partial charge < -0.3 is 10.6 Å². The summed E-state index contributed by atoms with van der Waals surface area (Å²) < 4.78 is 13.4. The molecule has 1 aliphatic rings. The van der Waals surface area contributed by atoms with Gasteiger partial charge in [-0.15, -0.1) is 0 Å². The largest absolute Gasteiger partial charge is 0.348 e. The number of hydrogen-bond acceptors (Lipinski definition) is 2. The average Bonchev–Trinajstić information content (AvgIpc) is 2.58. The highest BCUT2D eigenvalue weighted by molar-refractivity contribution is 5.94. The van der Waals surface area contributed by atoms with Crippen LogP contribution in [-0.4, -0.2) is 25.0 Å². The number of benzene rings is 1. The fourth-order valence-corrected chi connectivity index (χ4v) is 2.05. The van der Waals surface area contributed by atoms with Crippen LogP contribution in [0.2, 0.25) is 0 Å². The van der Waals surface area contributed by atoms with Gasteiger partial charge in [-0.3, -0.25) is 4.79 Å². The smallest absolute Gasteiger partial charge is 0.254 e. The summed E-state index contributed by atoms with van der Waals surface area (Å²) in [5.74, 6) is -0.789. The van der Waals surface area contributed by atoms with Crippen molar-refractivity contribution in [1.82, 2.24) is 10.6 Å². The van der Waals surface area contributed by atoms with Crippen LogP contribution in [0.5, 0.6) is 0 Å². The molecule has 0 bridgehead atoms. The first-order valence-electron chi connectivity index (χ1n) is 6.03. The molecule has 1 saturated heterocycles. The number of rotatable bonds is 2. The molecular formula is C13H17FN2O. The van der Waals surface area contributed by atoms with E-state index >= 15 is 0 Å². The highest BCUT2D eigenvalue weighted by Crippen LogP contribution is 2.09. The van der Waals surface area contributed by atoms with E-state index in [9.17, 15) is 9.18 Å². The fourth-order valence-electron chi connectivity index (χ4n) is 2.05. The summed E-state index contributed by atoms with van der Waals surface area (Å²) in [5.41, 5.74) is 0.122. The van der Waals surface area contributed by atoms with Crippen LogP contribution < -0.4 is 10.6 Å². The second-order valence-electron chi connectivity index (χ2n) is 4.35. The lowest BCUT2D eigenvalue weighted by Crippen LogP contribution is -2.41. The van der Waals surface area contributed by atoms with Gasteiger partial charge >= 0.3 is 0 Å². The third-order valence-electron chi connectivity index (χ3n) is 3.00. The zero-order valence-electron chi connectivity index (χ0n) is 9.71. The third kappa shape index (κ3) is 3.27. The normalized spacial score (nSPS) is 20.6. The van der Waals surface area contributed by atoms with Crippen molar-refractivity contribution < 1.29 is 9.18 Å². The van der Waals surface area contributed by atoms with Crippen LogP contribution in [0.25, 0.3) is 0 Å². The minimum Gasteiger partial charge on any atom is -0.348 e. The lowest BCUT2D eigenvalue weighted by molar-refractivity contribution is 0.0931. The van der Waals surface area contributed by atoms with Crippen LogP contribution in [0, 0.1) is 5.82 Å². The Labute approximate surface area is 100 Å². The number of nitrogens with one attached hydrogen (secondary N) is 2. The van der Waals surface area contributed by atoms with Crippen LogP contribution in [0.1, 0.15) is 29.6 Å². The van der Waals surface area contributed by atoms with E-state index in [0.717, 1.165) is 32.4 Å². The Morgan fingerprint density at radius 2 is 2.18 bits per heavy atom. The molecule has 1 fully saturated rings. The molecular weight excluding hydrogens is 219 g/mol. The molecule has 1 amide bonds.